The van der Waals surface area contributed by atoms with Crippen molar-refractivity contribution >= 4 is 18.0 Å². The van der Waals surface area contributed by atoms with Gasteiger partial charge in [-0.05, 0) is 41.8 Å². The minimum absolute atomic E-state index is 0.0358. The Morgan fingerprint density at radius 3 is 2.43 bits per heavy atom. The van der Waals surface area contributed by atoms with Gasteiger partial charge in [-0.2, -0.15) is 0 Å². The van der Waals surface area contributed by atoms with E-state index in [1.165, 1.54) is 11.8 Å². The van der Waals surface area contributed by atoms with E-state index in [1.807, 2.05) is 36.4 Å². The molecule has 1 amide bonds. The second-order valence-corrected chi connectivity index (χ2v) is 4.82. The van der Waals surface area contributed by atoms with Gasteiger partial charge in [0.25, 0.3) is 0 Å². The second kappa shape index (κ2) is 8.33. The number of pyridine rings is 1. The molecule has 6 nitrogen and oxygen atoms in total. The van der Waals surface area contributed by atoms with Crippen LogP contribution in [0.4, 0.5) is 10.5 Å². The fourth-order valence-electron chi connectivity index (χ4n) is 1.88. The summed E-state index contributed by atoms with van der Waals surface area (Å²) in [6.07, 6.45) is 6.01. The third kappa shape index (κ3) is 5.28. The summed E-state index contributed by atoms with van der Waals surface area (Å²) in [6.45, 7) is -0.0358. The Morgan fingerprint density at radius 2 is 1.83 bits per heavy atom. The van der Waals surface area contributed by atoms with Crippen molar-refractivity contribution in [3.8, 4) is 0 Å². The quantitative estimate of drug-likeness (QED) is 0.714. The molecule has 1 aromatic carbocycles. The van der Waals surface area contributed by atoms with E-state index in [1.54, 1.807) is 12.4 Å². The van der Waals surface area contributed by atoms with Crippen LogP contribution in [0.2, 0.25) is 0 Å². The van der Waals surface area contributed by atoms with Gasteiger partial charge in [-0.15, -0.1) is 0 Å². The molecule has 23 heavy (non-hydrogen) atoms. The average Bonchev–Trinajstić information content (AvgIpc) is 2.58. The zero-order valence-electron chi connectivity index (χ0n) is 12.5. The fourth-order valence-corrected chi connectivity index (χ4v) is 1.88. The van der Waals surface area contributed by atoms with E-state index < -0.39 is 6.09 Å². The molecular weight excluding hydrogens is 292 g/mol. The van der Waals surface area contributed by atoms with E-state index >= 15 is 0 Å². The van der Waals surface area contributed by atoms with E-state index in [2.05, 4.69) is 10.3 Å². The van der Waals surface area contributed by atoms with Crippen LogP contribution < -0.4 is 11.1 Å². The number of hydrogen-bond donors (Lipinski definition) is 3. The Balaban J connectivity index is 1.87. The first-order valence-corrected chi connectivity index (χ1v) is 7.04. The topological polar surface area (TPSA) is 101 Å². The molecule has 0 aliphatic heterocycles. The summed E-state index contributed by atoms with van der Waals surface area (Å²) in [4.78, 5) is 15.6. The Hall–Kier alpha value is -3.15. The summed E-state index contributed by atoms with van der Waals surface area (Å²) in [5, 5.41) is 9.67. The number of nitrogens with two attached hydrogens (primary N) is 1. The number of benzene rings is 1. The number of anilines is 1. The van der Waals surface area contributed by atoms with Crippen molar-refractivity contribution in [3.05, 3.63) is 71.7 Å². The minimum Gasteiger partial charge on any atom is -0.444 e. The summed E-state index contributed by atoms with van der Waals surface area (Å²) in [6, 6.07) is 11.4. The molecule has 1 aromatic heterocycles. The summed E-state index contributed by atoms with van der Waals surface area (Å²) >= 11 is 0. The summed E-state index contributed by atoms with van der Waals surface area (Å²) in [7, 11) is 0. The van der Waals surface area contributed by atoms with Gasteiger partial charge in [-0.25, -0.2) is 4.79 Å². The number of rotatable bonds is 6. The summed E-state index contributed by atoms with van der Waals surface area (Å²) < 4.78 is 4.96. The number of hydrogen-bond acceptors (Lipinski definition) is 5. The van der Waals surface area contributed by atoms with Gasteiger partial charge < -0.3 is 15.9 Å². The standard InChI is InChI=1S/C17H18N4O2/c18-10-15(11-19)12-23-17(22)21-16-3-1-13(2-4-16)9-14-5-7-20-8-6-14/h1-8,10-11,18H,9,12,19H2,(H,21,22)/b15-11+,18-10?. The molecule has 0 fully saturated rings. The van der Waals surface area contributed by atoms with Crippen LogP contribution >= 0.6 is 0 Å². The molecule has 0 saturated heterocycles. The second-order valence-electron chi connectivity index (χ2n) is 4.82. The monoisotopic (exact) mass is 310 g/mol. The van der Waals surface area contributed by atoms with Crippen LogP contribution in [-0.4, -0.2) is 23.9 Å². The van der Waals surface area contributed by atoms with Crippen molar-refractivity contribution in [3.63, 3.8) is 0 Å². The van der Waals surface area contributed by atoms with Crippen LogP contribution in [0.1, 0.15) is 11.1 Å². The molecule has 2 rings (SSSR count). The average molecular weight is 310 g/mol. The Kier molecular flexibility index (Phi) is 5.88. The fraction of sp³-hybridized carbons (Fsp3) is 0.118. The lowest BCUT2D eigenvalue weighted by Crippen LogP contribution is -2.16. The lowest BCUT2D eigenvalue weighted by atomic mass is 10.1. The molecule has 0 aliphatic rings. The van der Waals surface area contributed by atoms with Crippen LogP contribution in [-0.2, 0) is 11.2 Å². The highest BCUT2D eigenvalue weighted by Gasteiger charge is 2.04. The maximum Gasteiger partial charge on any atom is 0.411 e. The first-order chi connectivity index (χ1) is 11.2. The highest BCUT2D eigenvalue weighted by molar-refractivity contribution is 5.85. The molecule has 0 saturated carbocycles. The van der Waals surface area contributed by atoms with E-state index in [4.69, 9.17) is 15.9 Å². The van der Waals surface area contributed by atoms with Gasteiger partial charge in [0.05, 0.1) is 0 Å². The summed E-state index contributed by atoms with van der Waals surface area (Å²) in [5.74, 6) is 0. The molecule has 6 heteroatoms. The van der Waals surface area contributed by atoms with Gasteiger partial charge in [-0.1, -0.05) is 12.1 Å². The number of nitrogens with one attached hydrogen (secondary N) is 2. The van der Waals surface area contributed by atoms with Crippen molar-refractivity contribution in [1.29, 1.82) is 5.41 Å². The largest absolute Gasteiger partial charge is 0.444 e. The normalized spacial score (nSPS) is 10.9. The molecule has 0 aliphatic carbocycles. The Bertz CT molecular complexity index is 681. The SMILES string of the molecule is N=C/C(=C\N)COC(=O)Nc1ccc(Cc2ccncc2)cc1. The zero-order chi connectivity index (χ0) is 16.5. The molecule has 1 heterocycles. The lowest BCUT2D eigenvalue weighted by Gasteiger charge is -2.08. The maximum absolute atomic E-state index is 11.6. The number of carbonyl (C=O) groups excluding carboxylic acids is 1. The van der Waals surface area contributed by atoms with Crippen LogP contribution in [0.3, 0.4) is 0 Å². The van der Waals surface area contributed by atoms with Crippen LogP contribution in [0.5, 0.6) is 0 Å². The number of nitrogens with zero attached hydrogens (tertiary/aromatic N) is 1. The Morgan fingerprint density at radius 1 is 1.17 bits per heavy atom. The molecule has 0 bridgehead atoms. The van der Waals surface area contributed by atoms with Crippen molar-refractivity contribution in [2.75, 3.05) is 11.9 Å². The van der Waals surface area contributed by atoms with Crippen molar-refractivity contribution in [2.45, 2.75) is 6.42 Å². The number of ether oxygens (including phenoxy) is 1. The van der Waals surface area contributed by atoms with Gasteiger partial charge in [0.15, 0.2) is 0 Å². The third-order valence-corrected chi connectivity index (χ3v) is 3.13. The zero-order valence-corrected chi connectivity index (χ0v) is 12.5. The molecular formula is C17H18N4O2. The van der Waals surface area contributed by atoms with E-state index in [9.17, 15) is 4.79 Å². The molecule has 0 atom stereocenters. The van der Waals surface area contributed by atoms with Crippen molar-refractivity contribution in [1.82, 2.24) is 4.98 Å². The highest BCUT2D eigenvalue weighted by atomic mass is 16.5. The summed E-state index contributed by atoms with van der Waals surface area (Å²) in [5.41, 5.74) is 8.64. The van der Waals surface area contributed by atoms with Gasteiger partial charge in [0.2, 0.25) is 0 Å². The molecule has 0 radical (unpaired) electrons. The Labute approximate surface area is 134 Å². The van der Waals surface area contributed by atoms with Crippen molar-refractivity contribution < 1.29 is 9.53 Å². The molecule has 4 N–H and O–H groups in total. The van der Waals surface area contributed by atoms with E-state index in [0.29, 0.717) is 11.3 Å². The molecule has 118 valence electrons. The van der Waals surface area contributed by atoms with Crippen molar-refractivity contribution in [2.24, 2.45) is 5.73 Å². The highest BCUT2D eigenvalue weighted by Crippen LogP contribution is 2.13. The van der Waals surface area contributed by atoms with Gasteiger partial charge in [0, 0.05) is 36.1 Å². The predicted molar refractivity (Wildman–Crippen MR) is 89.5 cm³/mol. The first-order valence-electron chi connectivity index (χ1n) is 7.04. The maximum atomic E-state index is 11.6. The van der Waals surface area contributed by atoms with Crippen LogP contribution in [0.25, 0.3) is 0 Å². The van der Waals surface area contributed by atoms with Crippen LogP contribution in [0.15, 0.2) is 60.6 Å². The first kappa shape index (κ1) is 16.2. The molecule has 0 unspecified atom stereocenters. The lowest BCUT2D eigenvalue weighted by molar-refractivity contribution is 0.173. The smallest absolute Gasteiger partial charge is 0.411 e. The third-order valence-electron chi connectivity index (χ3n) is 3.13. The van der Waals surface area contributed by atoms with Gasteiger partial charge in [-0.3, -0.25) is 10.3 Å². The number of carbonyl (C=O) groups is 1. The van der Waals surface area contributed by atoms with Crippen LogP contribution in [0, 0.1) is 5.41 Å². The van der Waals surface area contributed by atoms with E-state index in [-0.39, 0.29) is 6.61 Å². The van der Waals surface area contributed by atoms with Gasteiger partial charge >= 0.3 is 6.09 Å². The van der Waals surface area contributed by atoms with Gasteiger partial charge in [0.1, 0.15) is 6.61 Å². The molecule has 0 spiro atoms. The molecule has 2 aromatic rings. The van der Waals surface area contributed by atoms with E-state index in [0.717, 1.165) is 18.2 Å². The minimum atomic E-state index is -0.590. The number of amides is 1. The predicted octanol–water partition coefficient (Wildman–Crippen LogP) is 2.71. The number of aromatic nitrogens is 1.